The predicted octanol–water partition coefficient (Wildman–Crippen LogP) is 2.16. The van der Waals surface area contributed by atoms with Crippen LogP contribution < -0.4 is 25.2 Å². The SMILES string of the molecule is COc1cc(OC)c(NC(=O)CCc2c(C)nc(N3CCOCC3)[nH]c2=O)cc1Cl. The van der Waals surface area contributed by atoms with Gasteiger partial charge in [0.15, 0.2) is 0 Å². The van der Waals surface area contributed by atoms with Crippen molar-refractivity contribution in [3.8, 4) is 11.5 Å². The molecule has 1 saturated heterocycles. The highest BCUT2D eigenvalue weighted by molar-refractivity contribution is 6.32. The number of nitrogens with zero attached hydrogens (tertiary/aromatic N) is 2. The van der Waals surface area contributed by atoms with E-state index in [0.717, 1.165) is 0 Å². The zero-order valence-corrected chi connectivity index (χ0v) is 18.0. The van der Waals surface area contributed by atoms with E-state index >= 15 is 0 Å². The summed E-state index contributed by atoms with van der Waals surface area (Å²) in [6.45, 7) is 4.33. The lowest BCUT2D eigenvalue weighted by molar-refractivity contribution is -0.116. The number of H-pyrrole nitrogens is 1. The zero-order chi connectivity index (χ0) is 21.7. The summed E-state index contributed by atoms with van der Waals surface area (Å²) in [6, 6.07) is 3.16. The van der Waals surface area contributed by atoms with Gasteiger partial charge in [-0.1, -0.05) is 11.6 Å². The van der Waals surface area contributed by atoms with Crippen LogP contribution >= 0.6 is 11.6 Å². The van der Waals surface area contributed by atoms with Crippen molar-refractivity contribution in [2.24, 2.45) is 0 Å². The molecule has 0 aliphatic carbocycles. The fourth-order valence-corrected chi connectivity index (χ4v) is 3.46. The van der Waals surface area contributed by atoms with Crippen LogP contribution in [0, 0.1) is 6.92 Å². The summed E-state index contributed by atoms with van der Waals surface area (Å²) in [5.74, 6) is 1.13. The molecule has 0 bridgehead atoms. The van der Waals surface area contributed by atoms with Crippen molar-refractivity contribution >= 4 is 29.1 Å². The minimum atomic E-state index is -0.273. The number of amides is 1. The van der Waals surface area contributed by atoms with Crippen molar-refractivity contribution in [1.29, 1.82) is 0 Å². The molecule has 1 aliphatic rings. The molecule has 10 heteroatoms. The lowest BCUT2D eigenvalue weighted by atomic mass is 10.1. The van der Waals surface area contributed by atoms with Crippen LogP contribution in [0.1, 0.15) is 17.7 Å². The minimum absolute atomic E-state index is 0.106. The quantitative estimate of drug-likeness (QED) is 0.685. The number of halogens is 1. The van der Waals surface area contributed by atoms with E-state index < -0.39 is 0 Å². The largest absolute Gasteiger partial charge is 0.495 e. The van der Waals surface area contributed by atoms with Gasteiger partial charge in [-0.05, 0) is 19.4 Å². The van der Waals surface area contributed by atoms with Gasteiger partial charge in [0.25, 0.3) is 5.56 Å². The fraction of sp³-hybridized carbons (Fsp3) is 0.450. The van der Waals surface area contributed by atoms with Crippen molar-refractivity contribution in [3.05, 3.63) is 38.8 Å². The van der Waals surface area contributed by atoms with Crippen LogP contribution in [-0.2, 0) is 16.0 Å². The second-order valence-corrected chi connectivity index (χ2v) is 7.20. The highest BCUT2D eigenvalue weighted by Gasteiger charge is 2.17. The molecule has 1 aromatic carbocycles. The van der Waals surface area contributed by atoms with Gasteiger partial charge in [0.2, 0.25) is 11.9 Å². The molecule has 3 rings (SSSR count). The molecule has 1 fully saturated rings. The van der Waals surface area contributed by atoms with E-state index in [1.54, 1.807) is 19.1 Å². The maximum absolute atomic E-state index is 12.6. The average molecular weight is 437 g/mol. The molecular weight excluding hydrogens is 412 g/mol. The Hall–Kier alpha value is -2.78. The van der Waals surface area contributed by atoms with Gasteiger partial charge in [0.05, 0.1) is 38.1 Å². The maximum atomic E-state index is 12.6. The van der Waals surface area contributed by atoms with Crippen LogP contribution in [0.4, 0.5) is 11.6 Å². The Morgan fingerprint density at radius 2 is 1.97 bits per heavy atom. The standard InChI is InChI=1S/C20H25ClN4O5/c1-12-13(19(27)24-20(22-12)25-6-8-30-9-7-25)4-5-18(26)23-15-10-14(21)16(28-2)11-17(15)29-3/h10-11H,4-9H2,1-3H3,(H,23,26)(H,22,24,27). The van der Waals surface area contributed by atoms with Crippen molar-refractivity contribution in [1.82, 2.24) is 9.97 Å². The van der Waals surface area contributed by atoms with Gasteiger partial charge in [0.1, 0.15) is 11.5 Å². The number of hydrogen-bond acceptors (Lipinski definition) is 7. The van der Waals surface area contributed by atoms with E-state index in [4.69, 9.17) is 25.8 Å². The van der Waals surface area contributed by atoms with Gasteiger partial charge in [-0.2, -0.15) is 0 Å². The number of rotatable bonds is 7. The first kappa shape index (κ1) is 21.9. The van der Waals surface area contributed by atoms with Crippen molar-refractivity contribution < 1.29 is 19.0 Å². The molecule has 2 aromatic rings. The number of hydrogen-bond donors (Lipinski definition) is 2. The summed E-state index contributed by atoms with van der Waals surface area (Å²) in [5.41, 5.74) is 1.29. The molecule has 2 heterocycles. The Labute approximate surface area is 179 Å². The number of aromatic nitrogens is 2. The molecule has 1 aromatic heterocycles. The average Bonchev–Trinajstić information content (AvgIpc) is 2.74. The molecule has 0 radical (unpaired) electrons. The highest BCUT2D eigenvalue weighted by Crippen LogP contribution is 2.35. The van der Waals surface area contributed by atoms with Gasteiger partial charge < -0.3 is 24.4 Å². The third-order valence-corrected chi connectivity index (χ3v) is 5.17. The summed E-state index contributed by atoms with van der Waals surface area (Å²) in [5, 5.41) is 3.12. The molecule has 162 valence electrons. The molecule has 0 saturated carbocycles. The van der Waals surface area contributed by atoms with Crippen LogP contribution in [-0.4, -0.2) is 56.4 Å². The first-order valence-electron chi connectivity index (χ1n) is 9.56. The number of benzene rings is 1. The van der Waals surface area contributed by atoms with Gasteiger partial charge >= 0.3 is 0 Å². The normalized spacial score (nSPS) is 13.8. The molecular formula is C20H25ClN4O5. The van der Waals surface area contributed by atoms with E-state index in [-0.39, 0.29) is 24.3 Å². The lowest BCUT2D eigenvalue weighted by Crippen LogP contribution is -2.38. The van der Waals surface area contributed by atoms with Gasteiger partial charge in [-0.25, -0.2) is 4.98 Å². The Kier molecular flexibility index (Phi) is 7.17. The van der Waals surface area contributed by atoms with Crippen LogP contribution in [0.2, 0.25) is 5.02 Å². The number of anilines is 2. The van der Waals surface area contributed by atoms with Crippen molar-refractivity contribution in [3.63, 3.8) is 0 Å². The number of methoxy groups -OCH3 is 2. The third kappa shape index (κ3) is 5.03. The number of carbonyl (C=O) groups excluding carboxylic acids is 1. The summed E-state index contributed by atoms with van der Waals surface area (Å²) >= 11 is 6.14. The van der Waals surface area contributed by atoms with Crippen LogP contribution in [0.5, 0.6) is 11.5 Å². The topological polar surface area (TPSA) is 106 Å². The number of morpholine rings is 1. The Morgan fingerprint density at radius 3 is 2.60 bits per heavy atom. The first-order chi connectivity index (χ1) is 14.4. The Morgan fingerprint density at radius 1 is 1.27 bits per heavy atom. The third-order valence-electron chi connectivity index (χ3n) is 4.87. The molecule has 1 aliphatic heterocycles. The molecule has 0 unspecified atom stereocenters. The van der Waals surface area contributed by atoms with E-state index in [1.165, 1.54) is 14.2 Å². The van der Waals surface area contributed by atoms with Crippen LogP contribution in [0.15, 0.2) is 16.9 Å². The lowest BCUT2D eigenvalue weighted by Gasteiger charge is -2.27. The number of ether oxygens (including phenoxy) is 3. The molecule has 1 amide bonds. The Bertz CT molecular complexity index is 972. The second kappa shape index (κ2) is 9.82. The summed E-state index contributed by atoms with van der Waals surface area (Å²) in [6.07, 6.45) is 0.366. The number of carbonyl (C=O) groups is 1. The van der Waals surface area contributed by atoms with E-state index in [1.807, 2.05) is 4.90 Å². The second-order valence-electron chi connectivity index (χ2n) is 6.79. The van der Waals surface area contributed by atoms with Crippen molar-refractivity contribution in [2.45, 2.75) is 19.8 Å². The molecule has 0 spiro atoms. The molecule has 9 nitrogen and oxygen atoms in total. The molecule has 30 heavy (non-hydrogen) atoms. The Balaban J connectivity index is 1.68. The number of nitrogens with one attached hydrogen (secondary N) is 2. The van der Waals surface area contributed by atoms with E-state index in [9.17, 15) is 9.59 Å². The van der Waals surface area contributed by atoms with Crippen molar-refractivity contribution in [2.75, 3.05) is 50.7 Å². The van der Waals surface area contributed by atoms with Gasteiger partial charge in [0, 0.05) is 36.8 Å². The monoisotopic (exact) mass is 436 g/mol. The predicted molar refractivity (Wildman–Crippen MR) is 114 cm³/mol. The summed E-state index contributed by atoms with van der Waals surface area (Å²) in [4.78, 5) is 34.3. The van der Waals surface area contributed by atoms with Gasteiger partial charge in [-0.15, -0.1) is 0 Å². The molecule has 2 N–H and O–H groups in total. The summed E-state index contributed by atoms with van der Waals surface area (Å²) in [7, 11) is 2.99. The summed E-state index contributed by atoms with van der Waals surface area (Å²) < 4.78 is 15.8. The van der Waals surface area contributed by atoms with E-state index in [0.29, 0.717) is 65.7 Å². The first-order valence-corrected chi connectivity index (χ1v) is 9.94. The van der Waals surface area contributed by atoms with Gasteiger partial charge in [-0.3, -0.25) is 14.6 Å². The fourth-order valence-electron chi connectivity index (χ4n) is 3.22. The van der Waals surface area contributed by atoms with E-state index in [2.05, 4.69) is 15.3 Å². The number of aryl methyl sites for hydroxylation is 1. The van der Waals surface area contributed by atoms with Crippen LogP contribution in [0.25, 0.3) is 0 Å². The highest BCUT2D eigenvalue weighted by atomic mass is 35.5. The minimum Gasteiger partial charge on any atom is -0.495 e. The smallest absolute Gasteiger partial charge is 0.255 e. The molecule has 0 atom stereocenters. The maximum Gasteiger partial charge on any atom is 0.255 e. The number of aromatic amines is 1. The zero-order valence-electron chi connectivity index (χ0n) is 17.2. The van der Waals surface area contributed by atoms with Crippen LogP contribution in [0.3, 0.4) is 0 Å².